The van der Waals surface area contributed by atoms with Crippen molar-refractivity contribution >= 4 is 28.2 Å². The zero-order valence-electron chi connectivity index (χ0n) is 10.6. The monoisotopic (exact) mass is 266 g/mol. The van der Waals surface area contributed by atoms with Crippen molar-refractivity contribution in [3.05, 3.63) is 34.7 Å². The molecule has 0 radical (unpaired) electrons. The fourth-order valence-electron chi connectivity index (χ4n) is 2.00. The SMILES string of the molecule is CCCc1cc(NCC)c2cc(Cl)c(F)cc2n1. The third-order valence-corrected chi connectivity index (χ3v) is 3.07. The molecule has 0 spiro atoms. The number of nitrogens with zero attached hydrogens (tertiary/aromatic N) is 1. The van der Waals surface area contributed by atoms with Crippen LogP contribution in [0.4, 0.5) is 10.1 Å². The molecule has 0 aliphatic heterocycles. The van der Waals surface area contributed by atoms with E-state index in [1.165, 1.54) is 6.07 Å². The van der Waals surface area contributed by atoms with Gasteiger partial charge in [0.25, 0.3) is 0 Å². The molecule has 1 N–H and O–H groups in total. The van der Waals surface area contributed by atoms with Crippen LogP contribution in [0.3, 0.4) is 0 Å². The molecule has 0 aliphatic carbocycles. The molecule has 1 heterocycles. The van der Waals surface area contributed by atoms with Gasteiger partial charge < -0.3 is 5.32 Å². The number of anilines is 1. The number of benzene rings is 1. The predicted molar refractivity (Wildman–Crippen MR) is 74.9 cm³/mol. The number of rotatable bonds is 4. The number of hydrogen-bond donors (Lipinski definition) is 1. The van der Waals surface area contributed by atoms with Gasteiger partial charge in [0.1, 0.15) is 5.82 Å². The molecule has 1 aromatic heterocycles. The molecule has 18 heavy (non-hydrogen) atoms. The van der Waals surface area contributed by atoms with Crippen LogP contribution in [0.15, 0.2) is 18.2 Å². The van der Waals surface area contributed by atoms with E-state index in [1.54, 1.807) is 6.07 Å². The van der Waals surface area contributed by atoms with Gasteiger partial charge in [0.05, 0.1) is 10.5 Å². The number of pyridine rings is 1. The van der Waals surface area contributed by atoms with Gasteiger partial charge in [-0.2, -0.15) is 0 Å². The first kappa shape index (κ1) is 13.1. The van der Waals surface area contributed by atoms with Gasteiger partial charge in [0, 0.05) is 29.4 Å². The van der Waals surface area contributed by atoms with Crippen molar-refractivity contribution in [2.45, 2.75) is 26.7 Å². The van der Waals surface area contributed by atoms with Gasteiger partial charge in [-0.05, 0) is 25.5 Å². The molecular formula is C14H16ClFN2. The first-order chi connectivity index (χ1) is 8.65. The van der Waals surface area contributed by atoms with Crippen LogP contribution in [-0.4, -0.2) is 11.5 Å². The molecule has 2 nitrogen and oxygen atoms in total. The van der Waals surface area contributed by atoms with Crippen LogP contribution in [0.5, 0.6) is 0 Å². The Bertz CT molecular complexity index is 569. The molecular weight excluding hydrogens is 251 g/mol. The summed E-state index contributed by atoms with van der Waals surface area (Å²) in [7, 11) is 0. The van der Waals surface area contributed by atoms with Crippen LogP contribution in [0, 0.1) is 5.82 Å². The predicted octanol–water partition coefficient (Wildman–Crippen LogP) is 4.41. The van der Waals surface area contributed by atoms with Gasteiger partial charge in [0.2, 0.25) is 0 Å². The molecule has 4 heteroatoms. The zero-order chi connectivity index (χ0) is 13.1. The van der Waals surface area contributed by atoms with Crippen LogP contribution in [0.1, 0.15) is 26.0 Å². The second kappa shape index (κ2) is 5.53. The third kappa shape index (κ3) is 2.56. The Morgan fingerprint density at radius 2 is 2.06 bits per heavy atom. The third-order valence-electron chi connectivity index (χ3n) is 2.78. The zero-order valence-corrected chi connectivity index (χ0v) is 11.3. The molecule has 1 aromatic carbocycles. The summed E-state index contributed by atoms with van der Waals surface area (Å²) in [6.07, 6.45) is 1.90. The Labute approximate surface area is 111 Å². The molecule has 2 rings (SSSR count). The highest BCUT2D eigenvalue weighted by Gasteiger charge is 2.09. The van der Waals surface area contributed by atoms with E-state index < -0.39 is 5.82 Å². The fraction of sp³-hybridized carbons (Fsp3) is 0.357. The van der Waals surface area contributed by atoms with E-state index in [0.717, 1.165) is 36.2 Å². The summed E-state index contributed by atoms with van der Waals surface area (Å²) in [4.78, 5) is 4.47. The normalized spacial score (nSPS) is 10.9. The van der Waals surface area contributed by atoms with Crippen molar-refractivity contribution < 1.29 is 4.39 Å². The van der Waals surface area contributed by atoms with Crippen LogP contribution in [-0.2, 0) is 6.42 Å². The molecule has 96 valence electrons. The topological polar surface area (TPSA) is 24.9 Å². The fourth-order valence-corrected chi connectivity index (χ4v) is 2.16. The number of aryl methyl sites for hydroxylation is 1. The average molecular weight is 267 g/mol. The number of hydrogen-bond acceptors (Lipinski definition) is 2. The second-order valence-corrected chi connectivity index (χ2v) is 4.63. The number of halogens is 2. The smallest absolute Gasteiger partial charge is 0.143 e. The van der Waals surface area contributed by atoms with E-state index in [0.29, 0.717) is 5.52 Å². The summed E-state index contributed by atoms with van der Waals surface area (Å²) >= 11 is 5.83. The van der Waals surface area contributed by atoms with Crippen LogP contribution < -0.4 is 5.32 Å². The van der Waals surface area contributed by atoms with Crippen molar-refractivity contribution in [3.63, 3.8) is 0 Å². The first-order valence-electron chi connectivity index (χ1n) is 6.18. The molecule has 0 saturated carbocycles. The highest BCUT2D eigenvalue weighted by molar-refractivity contribution is 6.31. The minimum Gasteiger partial charge on any atom is -0.385 e. The first-order valence-corrected chi connectivity index (χ1v) is 6.56. The number of nitrogens with one attached hydrogen (secondary N) is 1. The maximum Gasteiger partial charge on any atom is 0.143 e. The van der Waals surface area contributed by atoms with E-state index in [-0.39, 0.29) is 5.02 Å². The Hall–Kier alpha value is -1.35. The van der Waals surface area contributed by atoms with E-state index in [9.17, 15) is 4.39 Å². The largest absolute Gasteiger partial charge is 0.385 e. The standard InChI is InChI=1S/C14H16ClFN2/c1-3-5-9-6-13(17-4-2)10-7-11(15)12(16)8-14(10)18-9/h6-8H,3-5H2,1-2H3,(H,17,18). The van der Waals surface area contributed by atoms with E-state index >= 15 is 0 Å². The van der Waals surface area contributed by atoms with Crippen molar-refractivity contribution in [1.29, 1.82) is 0 Å². The molecule has 0 atom stereocenters. The van der Waals surface area contributed by atoms with Crippen molar-refractivity contribution in [3.8, 4) is 0 Å². The molecule has 2 aromatic rings. The van der Waals surface area contributed by atoms with Gasteiger partial charge in [-0.1, -0.05) is 24.9 Å². The average Bonchev–Trinajstić information content (AvgIpc) is 2.32. The molecule has 0 amide bonds. The van der Waals surface area contributed by atoms with Gasteiger partial charge >= 0.3 is 0 Å². The highest BCUT2D eigenvalue weighted by Crippen LogP contribution is 2.28. The summed E-state index contributed by atoms with van der Waals surface area (Å²) in [5.74, 6) is -0.423. The van der Waals surface area contributed by atoms with Crippen molar-refractivity contribution in [2.75, 3.05) is 11.9 Å². The van der Waals surface area contributed by atoms with Crippen LogP contribution >= 0.6 is 11.6 Å². The molecule has 0 unspecified atom stereocenters. The van der Waals surface area contributed by atoms with E-state index in [4.69, 9.17) is 11.6 Å². The summed E-state index contributed by atoms with van der Waals surface area (Å²) in [6, 6.07) is 5.05. The Morgan fingerprint density at radius 3 is 2.72 bits per heavy atom. The van der Waals surface area contributed by atoms with Gasteiger partial charge in [-0.3, -0.25) is 4.98 Å². The Morgan fingerprint density at radius 1 is 1.28 bits per heavy atom. The maximum absolute atomic E-state index is 13.5. The number of fused-ring (bicyclic) bond motifs is 1. The minimum atomic E-state index is -0.423. The van der Waals surface area contributed by atoms with E-state index in [1.807, 2.05) is 13.0 Å². The van der Waals surface area contributed by atoms with Gasteiger partial charge in [-0.15, -0.1) is 0 Å². The highest BCUT2D eigenvalue weighted by atomic mass is 35.5. The van der Waals surface area contributed by atoms with Crippen LogP contribution in [0.2, 0.25) is 5.02 Å². The van der Waals surface area contributed by atoms with Gasteiger partial charge in [-0.25, -0.2) is 4.39 Å². The van der Waals surface area contributed by atoms with Gasteiger partial charge in [0.15, 0.2) is 0 Å². The quantitative estimate of drug-likeness (QED) is 0.887. The maximum atomic E-state index is 13.5. The number of aromatic nitrogens is 1. The lowest BCUT2D eigenvalue weighted by Gasteiger charge is -2.11. The Balaban J connectivity index is 2.64. The molecule has 0 aliphatic rings. The Kier molecular flexibility index (Phi) is 4.02. The van der Waals surface area contributed by atoms with Crippen molar-refractivity contribution in [1.82, 2.24) is 4.98 Å². The summed E-state index contributed by atoms with van der Waals surface area (Å²) in [5.41, 5.74) is 2.59. The summed E-state index contributed by atoms with van der Waals surface area (Å²) in [5, 5.41) is 4.27. The minimum absolute atomic E-state index is 0.131. The molecule has 0 bridgehead atoms. The van der Waals surface area contributed by atoms with Crippen molar-refractivity contribution in [2.24, 2.45) is 0 Å². The van der Waals surface area contributed by atoms with E-state index in [2.05, 4.69) is 17.2 Å². The lowest BCUT2D eigenvalue weighted by Crippen LogP contribution is -2.01. The summed E-state index contributed by atoms with van der Waals surface area (Å²) < 4.78 is 13.5. The lowest BCUT2D eigenvalue weighted by atomic mass is 10.1. The van der Waals surface area contributed by atoms with Crippen LogP contribution in [0.25, 0.3) is 10.9 Å². The molecule has 0 fully saturated rings. The summed E-state index contributed by atoms with van der Waals surface area (Å²) in [6.45, 7) is 4.93. The molecule has 0 saturated heterocycles. The second-order valence-electron chi connectivity index (χ2n) is 4.22. The lowest BCUT2D eigenvalue weighted by molar-refractivity contribution is 0.629.